The van der Waals surface area contributed by atoms with Crippen LogP contribution in [0.2, 0.25) is 0 Å². The molecule has 1 aliphatic heterocycles. The van der Waals surface area contributed by atoms with E-state index in [0.717, 1.165) is 52.2 Å². The van der Waals surface area contributed by atoms with Crippen LogP contribution in [0, 0.1) is 0 Å². The van der Waals surface area contributed by atoms with Crippen molar-refractivity contribution in [3.63, 3.8) is 0 Å². The fourth-order valence-electron chi connectivity index (χ4n) is 4.11. The number of nitrogens with zero attached hydrogens (tertiary/aromatic N) is 6. The zero-order valence-electron chi connectivity index (χ0n) is 16.3. The van der Waals surface area contributed by atoms with Gasteiger partial charge >= 0.3 is 0 Å². The number of rotatable bonds is 3. The SMILES string of the molecule is c1cncc(-c2ccc3[nH]nc(-c4nc5c(N6CCCCC6)nccc5[nH]4)c3n2)c1. The van der Waals surface area contributed by atoms with Crippen molar-refractivity contribution in [2.45, 2.75) is 19.3 Å². The number of imidazole rings is 1. The van der Waals surface area contributed by atoms with Gasteiger partial charge in [0.1, 0.15) is 11.0 Å². The zero-order chi connectivity index (χ0) is 19.9. The van der Waals surface area contributed by atoms with E-state index in [4.69, 9.17) is 9.97 Å². The number of fused-ring (bicyclic) bond motifs is 2. The highest BCUT2D eigenvalue weighted by Gasteiger charge is 2.20. The van der Waals surface area contributed by atoms with Gasteiger partial charge in [0.15, 0.2) is 17.3 Å². The molecule has 6 rings (SSSR count). The normalized spacial score (nSPS) is 14.6. The highest BCUT2D eigenvalue weighted by atomic mass is 15.2. The van der Waals surface area contributed by atoms with Crippen LogP contribution in [0.1, 0.15) is 19.3 Å². The second-order valence-corrected chi connectivity index (χ2v) is 7.57. The molecule has 0 amide bonds. The number of piperidine rings is 1. The highest BCUT2D eigenvalue weighted by Crippen LogP contribution is 2.30. The smallest absolute Gasteiger partial charge is 0.161 e. The van der Waals surface area contributed by atoms with Crippen molar-refractivity contribution in [1.29, 1.82) is 0 Å². The molecule has 0 spiro atoms. The van der Waals surface area contributed by atoms with Gasteiger partial charge in [-0.2, -0.15) is 5.10 Å². The predicted molar refractivity (Wildman–Crippen MR) is 116 cm³/mol. The van der Waals surface area contributed by atoms with Crippen LogP contribution in [0.4, 0.5) is 5.82 Å². The third kappa shape index (κ3) is 2.80. The third-order valence-corrected chi connectivity index (χ3v) is 5.63. The fraction of sp³-hybridized carbons (Fsp3) is 0.227. The lowest BCUT2D eigenvalue weighted by Crippen LogP contribution is -2.30. The van der Waals surface area contributed by atoms with Crippen LogP contribution in [0.25, 0.3) is 44.8 Å². The topological polar surface area (TPSA) is 99.3 Å². The fourth-order valence-corrected chi connectivity index (χ4v) is 4.11. The number of pyridine rings is 3. The van der Waals surface area contributed by atoms with Gasteiger partial charge in [0.05, 0.1) is 16.7 Å². The second kappa shape index (κ2) is 6.91. The Hall–Kier alpha value is -3.81. The van der Waals surface area contributed by atoms with Gasteiger partial charge in [-0.1, -0.05) is 0 Å². The first-order chi connectivity index (χ1) is 14.9. The molecule has 0 atom stereocenters. The van der Waals surface area contributed by atoms with Crippen molar-refractivity contribution in [1.82, 2.24) is 35.1 Å². The van der Waals surface area contributed by atoms with Gasteiger partial charge in [-0.3, -0.25) is 10.1 Å². The average Bonchev–Trinajstić information content (AvgIpc) is 3.43. The molecule has 0 saturated carbocycles. The molecule has 8 heteroatoms. The molecule has 0 bridgehead atoms. The molecule has 6 heterocycles. The van der Waals surface area contributed by atoms with Crippen molar-refractivity contribution in [2.75, 3.05) is 18.0 Å². The second-order valence-electron chi connectivity index (χ2n) is 7.57. The highest BCUT2D eigenvalue weighted by molar-refractivity contribution is 5.93. The quantitative estimate of drug-likeness (QED) is 0.479. The lowest BCUT2D eigenvalue weighted by Gasteiger charge is -2.27. The van der Waals surface area contributed by atoms with E-state index in [1.807, 2.05) is 42.7 Å². The Morgan fingerprint density at radius 1 is 0.867 bits per heavy atom. The van der Waals surface area contributed by atoms with Crippen LogP contribution in [0.15, 0.2) is 48.9 Å². The largest absolute Gasteiger partial charge is 0.355 e. The lowest BCUT2D eigenvalue weighted by molar-refractivity contribution is 0.574. The van der Waals surface area contributed by atoms with E-state index >= 15 is 0 Å². The van der Waals surface area contributed by atoms with Crippen molar-refractivity contribution >= 4 is 27.9 Å². The number of aromatic amines is 2. The summed E-state index contributed by atoms with van der Waals surface area (Å²) >= 11 is 0. The summed E-state index contributed by atoms with van der Waals surface area (Å²) in [6.45, 7) is 2.05. The standard InChI is InChI=1S/C22H20N8/c1-2-11-30(12-3-1)22-19-16(8-10-24-22)26-21(27-19)20-18-17(28-29-20)7-6-15(25-18)14-5-4-9-23-13-14/h4-10,13H,1-3,11-12H2,(H,26,27)(H,28,29). The molecule has 5 aromatic heterocycles. The maximum Gasteiger partial charge on any atom is 0.161 e. The molecule has 0 aromatic carbocycles. The summed E-state index contributed by atoms with van der Waals surface area (Å²) in [5, 5.41) is 7.58. The van der Waals surface area contributed by atoms with E-state index in [1.54, 1.807) is 6.20 Å². The zero-order valence-corrected chi connectivity index (χ0v) is 16.3. The Balaban J connectivity index is 1.47. The molecule has 1 fully saturated rings. The third-order valence-electron chi connectivity index (χ3n) is 5.63. The summed E-state index contributed by atoms with van der Waals surface area (Å²) in [6.07, 6.45) is 9.08. The van der Waals surface area contributed by atoms with E-state index < -0.39 is 0 Å². The maximum atomic E-state index is 4.89. The van der Waals surface area contributed by atoms with E-state index in [2.05, 4.69) is 30.0 Å². The molecule has 30 heavy (non-hydrogen) atoms. The summed E-state index contributed by atoms with van der Waals surface area (Å²) in [5.74, 6) is 1.64. The van der Waals surface area contributed by atoms with Gasteiger partial charge in [-0.15, -0.1) is 0 Å². The summed E-state index contributed by atoms with van der Waals surface area (Å²) in [4.78, 5) is 24.3. The minimum Gasteiger partial charge on any atom is -0.355 e. The Morgan fingerprint density at radius 2 is 1.80 bits per heavy atom. The van der Waals surface area contributed by atoms with Gasteiger partial charge in [-0.05, 0) is 49.6 Å². The van der Waals surface area contributed by atoms with E-state index in [-0.39, 0.29) is 0 Å². The molecule has 2 N–H and O–H groups in total. The summed E-state index contributed by atoms with van der Waals surface area (Å²) in [6, 6.07) is 9.83. The molecule has 0 aliphatic carbocycles. The van der Waals surface area contributed by atoms with Gasteiger partial charge in [0.2, 0.25) is 0 Å². The lowest BCUT2D eigenvalue weighted by atomic mass is 10.1. The van der Waals surface area contributed by atoms with Crippen molar-refractivity contribution < 1.29 is 0 Å². The number of hydrogen-bond acceptors (Lipinski definition) is 6. The van der Waals surface area contributed by atoms with Crippen LogP contribution in [-0.4, -0.2) is 48.2 Å². The number of H-pyrrole nitrogens is 2. The van der Waals surface area contributed by atoms with E-state index in [0.29, 0.717) is 11.5 Å². The van der Waals surface area contributed by atoms with Crippen molar-refractivity contribution in [3.05, 3.63) is 48.9 Å². The summed E-state index contributed by atoms with van der Waals surface area (Å²) in [5.41, 5.74) is 6.01. The summed E-state index contributed by atoms with van der Waals surface area (Å²) < 4.78 is 0. The summed E-state index contributed by atoms with van der Waals surface area (Å²) in [7, 11) is 0. The minimum atomic E-state index is 0.693. The predicted octanol–water partition coefficient (Wildman–Crippen LogP) is 3.95. The van der Waals surface area contributed by atoms with Crippen LogP contribution in [0.3, 0.4) is 0 Å². The molecule has 0 unspecified atom stereocenters. The molecular formula is C22H20N8. The van der Waals surface area contributed by atoms with Crippen LogP contribution in [-0.2, 0) is 0 Å². The molecular weight excluding hydrogens is 376 g/mol. The van der Waals surface area contributed by atoms with Gasteiger partial charge in [0.25, 0.3) is 0 Å². The Labute approximate surface area is 172 Å². The van der Waals surface area contributed by atoms with Gasteiger partial charge < -0.3 is 9.88 Å². The number of nitrogens with one attached hydrogen (secondary N) is 2. The maximum absolute atomic E-state index is 4.89. The molecule has 8 nitrogen and oxygen atoms in total. The average molecular weight is 396 g/mol. The van der Waals surface area contributed by atoms with Gasteiger partial charge in [0, 0.05) is 37.2 Å². The minimum absolute atomic E-state index is 0.693. The Kier molecular flexibility index (Phi) is 3.93. The molecule has 148 valence electrons. The number of anilines is 1. The van der Waals surface area contributed by atoms with Crippen LogP contribution in [0.5, 0.6) is 0 Å². The van der Waals surface area contributed by atoms with E-state index in [1.165, 1.54) is 19.3 Å². The van der Waals surface area contributed by atoms with Gasteiger partial charge in [-0.25, -0.2) is 15.0 Å². The molecule has 0 radical (unpaired) electrons. The first-order valence-corrected chi connectivity index (χ1v) is 10.2. The molecule has 1 saturated heterocycles. The van der Waals surface area contributed by atoms with Crippen LogP contribution < -0.4 is 4.90 Å². The molecule has 1 aliphatic rings. The first kappa shape index (κ1) is 17.1. The number of aromatic nitrogens is 7. The van der Waals surface area contributed by atoms with Crippen molar-refractivity contribution in [3.8, 4) is 22.8 Å². The number of hydrogen-bond donors (Lipinski definition) is 2. The van der Waals surface area contributed by atoms with E-state index in [9.17, 15) is 0 Å². The monoisotopic (exact) mass is 396 g/mol. The first-order valence-electron chi connectivity index (χ1n) is 10.2. The Morgan fingerprint density at radius 3 is 2.67 bits per heavy atom. The van der Waals surface area contributed by atoms with Crippen molar-refractivity contribution in [2.24, 2.45) is 0 Å². The Bertz CT molecular complexity index is 1330. The molecule has 5 aromatic rings. The van der Waals surface area contributed by atoms with Crippen LogP contribution >= 0.6 is 0 Å².